The Morgan fingerprint density at radius 2 is 1.95 bits per heavy atom. The number of carbonyl (C=O) groups excluding carboxylic acids is 2. The van der Waals surface area contributed by atoms with Gasteiger partial charge in [-0.3, -0.25) is 0 Å². The van der Waals surface area contributed by atoms with Crippen LogP contribution in [-0.2, 0) is 14.3 Å². The van der Waals surface area contributed by atoms with E-state index in [1.54, 1.807) is 13.0 Å². The molecular formula is C16H14Cl2O4. The first-order valence-corrected chi connectivity index (χ1v) is 7.19. The molecule has 1 unspecified atom stereocenters. The molecule has 0 bridgehead atoms. The molecule has 0 fully saturated rings. The van der Waals surface area contributed by atoms with E-state index in [1.165, 1.54) is 12.1 Å². The first-order chi connectivity index (χ1) is 10.5. The first-order valence-electron chi connectivity index (χ1n) is 6.44. The highest BCUT2D eigenvalue weighted by Crippen LogP contribution is 2.27. The molecule has 1 rings (SSSR count). The minimum Gasteiger partial charge on any atom is -0.446 e. The molecule has 6 heteroatoms. The third-order valence-corrected chi connectivity index (χ3v) is 2.94. The number of hydrogen-bond acceptors (Lipinski definition) is 4. The molecule has 0 aliphatic heterocycles. The molecule has 22 heavy (non-hydrogen) atoms. The Bertz CT molecular complexity index is 641. The highest BCUT2D eigenvalue weighted by Gasteiger charge is 2.09. The quantitative estimate of drug-likeness (QED) is 0.354. The summed E-state index contributed by atoms with van der Waals surface area (Å²) in [6.45, 7) is 3.49. The van der Waals surface area contributed by atoms with Crippen molar-refractivity contribution in [3.05, 3.63) is 40.4 Å². The number of rotatable bonds is 5. The lowest BCUT2D eigenvalue weighted by molar-refractivity contribution is -0.141. The summed E-state index contributed by atoms with van der Waals surface area (Å²) >= 11 is 11.6. The lowest BCUT2D eigenvalue weighted by atomic mass is 10.3. The van der Waals surface area contributed by atoms with E-state index in [1.807, 2.05) is 6.92 Å². The van der Waals surface area contributed by atoms with Crippen molar-refractivity contribution >= 4 is 35.1 Å². The monoisotopic (exact) mass is 340 g/mol. The highest BCUT2D eigenvalue weighted by atomic mass is 35.5. The Hall–Kier alpha value is -1.96. The van der Waals surface area contributed by atoms with Crippen LogP contribution in [0.15, 0.2) is 30.4 Å². The summed E-state index contributed by atoms with van der Waals surface area (Å²) in [5, 5.41) is 0.609. The second kappa shape index (κ2) is 9.14. The van der Waals surface area contributed by atoms with Crippen LogP contribution < -0.4 is 4.74 Å². The predicted molar refractivity (Wildman–Crippen MR) is 84.9 cm³/mol. The third-order valence-electron chi connectivity index (χ3n) is 2.39. The molecule has 0 spiro atoms. The van der Waals surface area contributed by atoms with Gasteiger partial charge in [-0.2, -0.15) is 0 Å². The zero-order chi connectivity index (χ0) is 16.5. The Kier molecular flexibility index (Phi) is 7.51. The molecular weight excluding hydrogens is 327 g/mol. The van der Waals surface area contributed by atoms with Gasteiger partial charge in [-0.25, -0.2) is 9.59 Å². The molecule has 0 amide bonds. The molecule has 0 aliphatic carbocycles. The topological polar surface area (TPSA) is 52.6 Å². The van der Waals surface area contributed by atoms with Crippen molar-refractivity contribution in [2.45, 2.75) is 26.4 Å². The van der Waals surface area contributed by atoms with Gasteiger partial charge in [0.2, 0.25) is 0 Å². The highest BCUT2D eigenvalue weighted by molar-refractivity contribution is 6.34. The Morgan fingerprint density at radius 1 is 1.27 bits per heavy atom. The van der Waals surface area contributed by atoms with Crippen molar-refractivity contribution in [3.8, 4) is 17.6 Å². The third kappa shape index (κ3) is 6.21. The number of esters is 2. The van der Waals surface area contributed by atoms with Crippen LogP contribution in [0.25, 0.3) is 0 Å². The average Bonchev–Trinajstić information content (AvgIpc) is 2.48. The van der Waals surface area contributed by atoms with E-state index in [9.17, 15) is 9.59 Å². The zero-order valence-electron chi connectivity index (χ0n) is 12.1. The van der Waals surface area contributed by atoms with E-state index in [2.05, 4.69) is 11.8 Å². The van der Waals surface area contributed by atoms with Gasteiger partial charge >= 0.3 is 11.9 Å². The summed E-state index contributed by atoms with van der Waals surface area (Å²) in [4.78, 5) is 23.1. The van der Waals surface area contributed by atoms with Crippen molar-refractivity contribution in [1.29, 1.82) is 0 Å². The maximum atomic E-state index is 11.6. The van der Waals surface area contributed by atoms with Crippen molar-refractivity contribution in [3.63, 3.8) is 0 Å². The first kappa shape index (κ1) is 18.1. The lowest BCUT2D eigenvalue weighted by Crippen LogP contribution is -2.14. The van der Waals surface area contributed by atoms with Crippen LogP contribution in [0.4, 0.5) is 0 Å². The molecule has 0 saturated heterocycles. The summed E-state index contributed by atoms with van der Waals surface area (Å²) < 4.78 is 10.0. The van der Waals surface area contributed by atoms with Crippen LogP contribution in [0.5, 0.6) is 5.75 Å². The summed E-state index contributed by atoms with van der Waals surface area (Å²) in [5.41, 5.74) is 0. The van der Waals surface area contributed by atoms with Gasteiger partial charge in [0, 0.05) is 23.2 Å². The molecule has 0 N–H and O–H groups in total. The van der Waals surface area contributed by atoms with Gasteiger partial charge in [0.05, 0.1) is 5.02 Å². The van der Waals surface area contributed by atoms with Crippen molar-refractivity contribution in [2.24, 2.45) is 0 Å². The molecule has 0 saturated carbocycles. The molecule has 1 atom stereocenters. The fourth-order valence-corrected chi connectivity index (χ4v) is 1.71. The van der Waals surface area contributed by atoms with Crippen molar-refractivity contribution < 1.29 is 19.1 Å². The zero-order valence-corrected chi connectivity index (χ0v) is 13.6. The standard InChI is InChI=1S/C16H14Cl2O4/c1-3-5-12(4-2)21-15(19)8-9-16(20)22-14-10-11(17)6-7-13(14)18/h6-10,12H,4H2,1-2H3/b9-8+. The number of halogens is 2. The van der Waals surface area contributed by atoms with E-state index in [0.29, 0.717) is 11.4 Å². The van der Waals surface area contributed by atoms with Crippen LogP contribution in [0, 0.1) is 11.8 Å². The normalized spacial score (nSPS) is 11.5. The predicted octanol–water partition coefficient (Wildman–Crippen LogP) is 3.80. The molecule has 1 aromatic rings. The van der Waals surface area contributed by atoms with Crippen molar-refractivity contribution in [1.82, 2.24) is 0 Å². The van der Waals surface area contributed by atoms with Crippen LogP contribution >= 0.6 is 23.2 Å². The lowest BCUT2D eigenvalue weighted by Gasteiger charge is -2.07. The van der Waals surface area contributed by atoms with E-state index in [-0.39, 0.29) is 10.8 Å². The van der Waals surface area contributed by atoms with Crippen molar-refractivity contribution in [2.75, 3.05) is 0 Å². The van der Waals surface area contributed by atoms with Gasteiger partial charge in [-0.05, 0) is 25.5 Å². The van der Waals surface area contributed by atoms with Gasteiger partial charge < -0.3 is 9.47 Å². The van der Waals surface area contributed by atoms with Crippen LogP contribution in [0.1, 0.15) is 20.3 Å². The largest absolute Gasteiger partial charge is 0.446 e. The summed E-state index contributed by atoms with van der Waals surface area (Å²) in [5.74, 6) is 4.06. The molecule has 1 aromatic carbocycles. The van der Waals surface area contributed by atoms with E-state index in [4.69, 9.17) is 32.7 Å². The molecule has 0 radical (unpaired) electrons. The average molecular weight is 341 g/mol. The molecule has 0 heterocycles. The molecule has 4 nitrogen and oxygen atoms in total. The number of carbonyl (C=O) groups is 2. The van der Waals surface area contributed by atoms with E-state index in [0.717, 1.165) is 12.2 Å². The minimum atomic E-state index is -0.768. The molecule has 116 valence electrons. The Labute approximate surface area is 139 Å². The van der Waals surface area contributed by atoms with E-state index < -0.39 is 18.0 Å². The van der Waals surface area contributed by atoms with Gasteiger partial charge in [0.1, 0.15) is 0 Å². The second-order valence-electron chi connectivity index (χ2n) is 4.06. The number of benzene rings is 1. The van der Waals surface area contributed by atoms with Crippen LogP contribution in [-0.4, -0.2) is 18.0 Å². The smallest absolute Gasteiger partial charge is 0.336 e. The fraction of sp³-hybridized carbons (Fsp3) is 0.250. The summed E-state index contributed by atoms with van der Waals surface area (Å²) in [6, 6.07) is 4.46. The Balaban J connectivity index is 2.61. The van der Waals surface area contributed by atoms with Crippen LogP contribution in [0.2, 0.25) is 10.0 Å². The van der Waals surface area contributed by atoms with Crippen LogP contribution in [0.3, 0.4) is 0 Å². The number of ether oxygens (including phenoxy) is 2. The maximum absolute atomic E-state index is 11.6. The summed E-state index contributed by atoms with van der Waals surface area (Å²) in [7, 11) is 0. The van der Waals surface area contributed by atoms with Gasteiger partial charge in [-0.1, -0.05) is 36.0 Å². The van der Waals surface area contributed by atoms with Gasteiger partial charge in [0.25, 0.3) is 0 Å². The fourth-order valence-electron chi connectivity index (χ4n) is 1.39. The van der Waals surface area contributed by atoms with Gasteiger partial charge in [-0.15, -0.1) is 5.92 Å². The van der Waals surface area contributed by atoms with Gasteiger partial charge in [0.15, 0.2) is 11.9 Å². The SMILES string of the molecule is CC#CC(CC)OC(=O)/C=C/C(=O)Oc1cc(Cl)ccc1Cl. The second-order valence-corrected chi connectivity index (χ2v) is 4.90. The summed E-state index contributed by atoms with van der Waals surface area (Å²) in [6.07, 6.45) is 1.98. The maximum Gasteiger partial charge on any atom is 0.336 e. The molecule has 0 aromatic heterocycles. The molecule has 0 aliphatic rings. The minimum absolute atomic E-state index is 0.112. The Morgan fingerprint density at radius 3 is 2.59 bits per heavy atom. The van der Waals surface area contributed by atoms with E-state index >= 15 is 0 Å². The number of hydrogen-bond donors (Lipinski definition) is 0.